The van der Waals surface area contributed by atoms with Gasteiger partial charge in [-0.05, 0) is 17.7 Å². The zero-order valence-electron chi connectivity index (χ0n) is 17.3. The molecular formula is C24H22N2O5. The van der Waals surface area contributed by atoms with Crippen LogP contribution in [0.5, 0.6) is 11.5 Å². The van der Waals surface area contributed by atoms with Crippen molar-refractivity contribution in [2.45, 2.75) is 6.54 Å². The molecule has 0 atom stereocenters. The molecule has 1 aromatic heterocycles. The van der Waals surface area contributed by atoms with Gasteiger partial charge in [0.1, 0.15) is 18.1 Å². The van der Waals surface area contributed by atoms with E-state index in [2.05, 4.69) is 4.57 Å². The summed E-state index contributed by atoms with van der Waals surface area (Å²) in [5, 5.41) is 1.24. The smallest absolute Gasteiger partial charge is 0.337 e. The largest absolute Gasteiger partial charge is 0.497 e. The van der Waals surface area contributed by atoms with Crippen LogP contribution < -0.4 is 15.2 Å². The summed E-state index contributed by atoms with van der Waals surface area (Å²) < 4.78 is 18.0. The number of carbonyl (C=O) groups is 2. The highest BCUT2D eigenvalue weighted by Gasteiger charge is 2.22. The first-order chi connectivity index (χ1) is 15.0. The van der Waals surface area contributed by atoms with Crippen LogP contribution in [0, 0.1) is 0 Å². The van der Waals surface area contributed by atoms with E-state index < -0.39 is 11.9 Å². The summed E-state index contributed by atoms with van der Waals surface area (Å²) in [6.07, 6.45) is 0. The van der Waals surface area contributed by atoms with Gasteiger partial charge in [0.15, 0.2) is 0 Å². The maximum Gasteiger partial charge on any atom is 0.337 e. The molecule has 4 aromatic rings. The fraction of sp³-hybridized carbons (Fsp3) is 0.167. The van der Waals surface area contributed by atoms with Gasteiger partial charge < -0.3 is 24.5 Å². The molecule has 7 heteroatoms. The van der Waals surface area contributed by atoms with Crippen LogP contribution in [0.1, 0.15) is 15.9 Å². The monoisotopic (exact) mass is 418 g/mol. The molecule has 1 amide bonds. The molecule has 31 heavy (non-hydrogen) atoms. The van der Waals surface area contributed by atoms with Crippen LogP contribution in [0.2, 0.25) is 0 Å². The second-order valence-electron chi connectivity index (χ2n) is 7.06. The first kappa shape index (κ1) is 20.4. The molecule has 0 spiro atoms. The van der Waals surface area contributed by atoms with E-state index in [4.69, 9.17) is 19.9 Å². The molecule has 1 heterocycles. The minimum atomic E-state index is -0.561. The molecule has 2 N–H and O–H groups in total. The molecule has 0 aliphatic carbocycles. The van der Waals surface area contributed by atoms with Crippen LogP contribution in [-0.2, 0) is 16.1 Å². The topological polar surface area (TPSA) is 92.8 Å². The van der Waals surface area contributed by atoms with Crippen LogP contribution in [0.25, 0.3) is 21.8 Å². The number of benzene rings is 3. The summed E-state index contributed by atoms with van der Waals surface area (Å²) in [5.74, 6) is -0.320. The Hall–Kier alpha value is -3.84. The molecule has 0 fully saturated rings. The van der Waals surface area contributed by atoms with Crippen molar-refractivity contribution in [1.82, 2.24) is 4.57 Å². The van der Waals surface area contributed by atoms with Gasteiger partial charge in [-0.3, -0.25) is 4.79 Å². The van der Waals surface area contributed by atoms with Crippen molar-refractivity contribution in [3.8, 4) is 11.5 Å². The van der Waals surface area contributed by atoms with Gasteiger partial charge in [-0.15, -0.1) is 0 Å². The van der Waals surface area contributed by atoms with E-state index in [1.807, 2.05) is 42.5 Å². The van der Waals surface area contributed by atoms with Crippen molar-refractivity contribution < 1.29 is 23.8 Å². The van der Waals surface area contributed by atoms with E-state index in [0.29, 0.717) is 28.6 Å². The van der Waals surface area contributed by atoms with E-state index in [1.165, 1.54) is 7.11 Å². The first-order valence-corrected chi connectivity index (χ1v) is 9.69. The molecule has 0 bridgehead atoms. The standard InChI is InChI=1S/C24H22N2O5/c1-29-14-21(27)31-20-12-16(30-2)11-19-23(20)22-17(24(25)28)9-6-10-18(22)26(19)13-15-7-4-3-5-8-15/h3-12H,13-14H2,1-2H3,(H2,25,28). The maximum atomic E-state index is 12.2. The molecule has 0 unspecified atom stereocenters. The van der Waals surface area contributed by atoms with E-state index in [1.54, 1.807) is 25.3 Å². The third kappa shape index (κ3) is 3.83. The number of methoxy groups -OCH3 is 2. The van der Waals surface area contributed by atoms with Gasteiger partial charge in [0.25, 0.3) is 0 Å². The van der Waals surface area contributed by atoms with Crippen LogP contribution in [-0.4, -0.2) is 37.3 Å². The number of esters is 1. The predicted octanol–water partition coefficient (Wildman–Crippen LogP) is 3.50. The number of primary amides is 1. The number of nitrogens with zero attached hydrogens (tertiary/aromatic N) is 1. The lowest BCUT2D eigenvalue weighted by Crippen LogP contribution is -2.14. The van der Waals surface area contributed by atoms with E-state index in [9.17, 15) is 9.59 Å². The lowest BCUT2D eigenvalue weighted by molar-refractivity contribution is -0.138. The van der Waals surface area contributed by atoms with Gasteiger partial charge in [-0.25, -0.2) is 4.79 Å². The summed E-state index contributed by atoms with van der Waals surface area (Å²) >= 11 is 0. The van der Waals surface area contributed by atoms with Gasteiger partial charge in [0.2, 0.25) is 5.91 Å². The molecule has 158 valence electrons. The second kappa shape index (κ2) is 8.49. The number of amides is 1. The second-order valence-corrected chi connectivity index (χ2v) is 7.06. The van der Waals surface area contributed by atoms with Crippen molar-refractivity contribution in [2.75, 3.05) is 20.8 Å². The van der Waals surface area contributed by atoms with Crippen LogP contribution in [0.3, 0.4) is 0 Å². The summed E-state index contributed by atoms with van der Waals surface area (Å²) in [5.41, 5.74) is 8.67. The Morgan fingerprint density at radius 1 is 0.935 bits per heavy atom. The SMILES string of the molecule is COCC(=O)Oc1cc(OC)cc2c1c1c(C(N)=O)cccc1n2Cc1ccccc1. The quantitative estimate of drug-likeness (QED) is 0.366. The number of hydrogen-bond acceptors (Lipinski definition) is 5. The van der Waals surface area contributed by atoms with Gasteiger partial charge in [0, 0.05) is 36.7 Å². The molecule has 0 aliphatic rings. The molecule has 0 saturated heterocycles. The minimum absolute atomic E-state index is 0.204. The lowest BCUT2D eigenvalue weighted by Gasteiger charge is -2.11. The Morgan fingerprint density at radius 3 is 2.39 bits per heavy atom. The molecule has 0 saturated carbocycles. The lowest BCUT2D eigenvalue weighted by atomic mass is 10.1. The predicted molar refractivity (Wildman–Crippen MR) is 118 cm³/mol. The zero-order chi connectivity index (χ0) is 22.0. The number of carbonyl (C=O) groups excluding carboxylic acids is 2. The number of ether oxygens (including phenoxy) is 3. The highest BCUT2D eigenvalue weighted by Crippen LogP contribution is 2.40. The Kier molecular flexibility index (Phi) is 5.60. The average Bonchev–Trinajstić information content (AvgIpc) is 3.08. The van der Waals surface area contributed by atoms with Crippen molar-refractivity contribution in [3.63, 3.8) is 0 Å². The highest BCUT2D eigenvalue weighted by atomic mass is 16.6. The fourth-order valence-electron chi connectivity index (χ4n) is 3.81. The van der Waals surface area contributed by atoms with Gasteiger partial charge in [0.05, 0.1) is 23.5 Å². The van der Waals surface area contributed by atoms with Crippen LogP contribution in [0.15, 0.2) is 60.7 Å². The number of fused-ring (bicyclic) bond motifs is 3. The number of hydrogen-bond donors (Lipinski definition) is 1. The van der Waals surface area contributed by atoms with Crippen molar-refractivity contribution in [1.29, 1.82) is 0 Å². The summed E-state index contributed by atoms with van der Waals surface area (Å²) in [6, 6.07) is 18.8. The highest BCUT2D eigenvalue weighted by molar-refractivity contribution is 6.20. The average molecular weight is 418 g/mol. The third-order valence-electron chi connectivity index (χ3n) is 5.10. The van der Waals surface area contributed by atoms with Gasteiger partial charge in [-0.1, -0.05) is 36.4 Å². The Balaban J connectivity index is 2.07. The van der Waals surface area contributed by atoms with Crippen LogP contribution in [0.4, 0.5) is 0 Å². The van der Waals surface area contributed by atoms with E-state index >= 15 is 0 Å². The summed E-state index contributed by atoms with van der Waals surface area (Å²) in [7, 11) is 2.96. The number of rotatable bonds is 7. The molecule has 7 nitrogen and oxygen atoms in total. The first-order valence-electron chi connectivity index (χ1n) is 9.69. The van der Waals surface area contributed by atoms with Crippen molar-refractivity contribution in [2.24, 2.45) is 5.73 Å². The van der Waals surface area contributed by atoms with E-state index in [-0.39, 0.29) is 12.4 Å². The number of aromatic nitrogens is 1. The molecular weight excluding hydrogens is 396 g/mol. The Bertz CT molecular complexity index is 1280. The van der Waals surface area contributed by atoms with Gasteiger partial charge in [-0.2, -0.15) is 0 Å². The minimum Gasteiger partial charge on any atom is -0.497 e. The summed E-state index contributed by atoms with van der Waals surface area (Å²) in [4.78, 5) is 24.5. The third-order valence-corrected chi connectivity index (χ3v) is 5.10. The Labute approximate surface area is 178 Å². The molecule has 4 rings (SSSR count). The molecule has 0 radical (unpaired) electrons. The fourth-order valence-corrected chi connectivity index (χ4v) is 3.81. The van der Waals surface area contributed by atoms with E-state index in [0.717, 1.165) is 16.6 Å². The van der Waals surface area contributed by atoms with Crippen molar-refractivity contribution in [3.05, 3.63) is 71.8 Å². The van der Waals surface area contributed by atoms with Crippen LogP contribution >= 0.6 is 0 Å². The normalized spacial score (nSPS) is 11.0. The molecule has 3 aromatic carbocycles. The summed E-state index contributed by atoms with van der Waals surface area (Å²) in [6.45, 7) is 0.339. The van der Waals surface area contributed by atoms with Crippen molar-refractivity contribution >= 4 is 33.7 Å². The van der Waals surface area contributed by atoms with Gasteiger partial charge >= 0.3 is 5.97 Å². The Morgan fingerprint density at radius 2 is 1.71 bits per heavy atom. The molecule has 0 aliphatic heterocycles. The number of nitrogens with two attached hydrogens (primary N) is 1. The zero-order valence-corrected chi connectivity index (χ0v) is 17.3. The maximum absolute atomic E-state index is 12.2.